The molecule has 0 spiro atoms. The molecular weight excluding hydrogens is 356 g/mol. The lowest BCUT2D eigenvalue weighted by atomic mass is 10.1. The zero-order valence-electron chi connectivity index (χ0n) is 16.7. The van der Waals surface area contributed by atoms with Crippen LogP contribution in [-0.4, -0.2) is 38.3 Å². The first-order valence-corrected chi connectivity index (χ1v) is 10.2. The summed E-state index contributed by atoms with van der Waals surface area (Å²) in [4.78, 5) is 25.3. The van der Waals surface area contributed by atoms with Gasteiger partial charge in [-0.05, 0) is 50.0 Å². The van der Waals surface area contributed by atoms with Crippen LogP contribution < -0.4 is 25.6 Å². The van der Waals surface area contributed by atoms with Crippen LogP contribution >= 0.6 is 0 Å². The molecule has 3 rings (SSSR count). The molecule has 0 unspecified atom stereocenters. The number of nitrogens with zero attached hydrogens (tertiary/aromatic N) is 1. The molecule has 0 radical (unpaired) electrons. The molecule has 28 heavy (non-hydrogen) atoms. The number of rotatable bonds is 9. The molecule has 1 saturated heterocycles. The molecule has 0 aliphatic carbocycles. The summed E-state index contributed by atoms with van der Waals surface area (Å²) in [5.74, 6) is 0.999. The monoisotopic (exact) mass is 386 g/mol. The third-order valence-corrected chi connectivity index (χ3v) is 5.22. The number of methoxy groups -OCH3 is 1. The smallest absolute Gasteiger partial charge is 0.271 e. The maximum absolute atomic E-state index is 11.5. The van der Waals surface area contributed by atoms with E-state index in [-0.39, 0.29) is 11.4 Å². The van der Waals surface area contributed by atoms with E-state index in [9.17, 15) is 9.59 Å². The number of anilines is 1. The van der Waals surface area contributed by atoms with Crippen molar-refractivity contribution in [1.29, 1.82) is 0 Å². The van der Waals surface area contributed by atoms with Crippen LogP contribution in [0.15, 0.2) is 33.9 Å². The standard InChI is InChI=1S/C22H30N2O4/c1-27-22-19(20(25)21(22)26)23-11-8-14-28-18-10-7-9-17(15-18)16-24-12-5-3-2-4-6-13-24/h7,9-10,15,23H,2-6,8,11-14,16H2,1H3. The third kappa shape index (κ3) is 5.35. The van der Waals surface area contributed by atoms with E-state index < -0.39 is 10.9 Å². The van der Waals surface area contributed by atoms with E-state index in [1.54, 1.807) is 0 Å². The van der Waals surface area contributed by atoms with E-state index in [1.807, 2.05) is 12.1 Å². The van der Waals surface area contributed by atoms with Crippen molar-refractivity contribution >= 4 is 5.69 Å². The molecule has 0 atom stereocenters. The minimum absolute atomic E-state index is 0.128. The number of hydrogen-bond donors (Lipinski definition) is 1. The van der Waals surface area contributed by atoms with Crippen LogP contribution in [0.5, 0.6) is 11.5 Å². The number of nitrogens with one attached hydrogen (secondary N) is 1. The van der Waals surface area contributed by atoms with E-state index in [1.165, 1.54) is 57.9 Å². The first-order chi connectivity index (χ1) is 13.7. The van der Waals surface area contributed by atoms with Gasteiger partial charge in [0.05, 0.1) is 13.7 Å². The number of ether oxygens (including phenoxy) is 2. The van der Waals surface area contributed by atoms with Crippen LogP contribution in [0.25, 0.3) is 0 Å². The molecule has 1 aliphatic rings. The molecule has 2 aromatic rings. The molecule has 0 aromatic heterocycles. The lowest BCUT2D eigenvalue weighted by Crippen LogP contribution is -2.35. The van der Waals surface area contributed by atoms with Crippen molar-refractivity contribution in [3.8, 4) is 11.5 Å². The summed E-state index contributed by atoms with van der Waals surface area (Å²) < 4.78 is 10.8. The van der Waals surface area contributed by atoms with Crippen molar-refractivity contribution in [2.45, 2.75) is 45.1 Å². The van der Waals surface area contributed by atoms with Crippen LogP contribution in [0.1, 0.15) is 44.1 Å². The SMILES string of the molecule is COc1c(NCCCOc2cccc(CN3CCCCCCC3)c2)c(=O)c1=O. The first kappa shape index (κ1) is 20.4. The lowest BCUT2D eigenvalue weighted by molar-refractivity contribution is 0.239. The second-order valence-corrected chi connectivity index (χ2v) is 7.39. The Labute approximate surface area is 166 Å². The summed E-state index contributed by atoms with van der Waals surface area (Å²) in [5, 5.41) is 2.96. The van der Waals surface area contributed by atoms with Gasteiger partial charge in [-0.15, -0.1) is 0 Å². The van der Waals surface area contributed by atoms with Gasteiger partial charge in [0, 0.05) is 13.1 Å². The van der Waals surface area contributed by atoms with E-state index >= 15 is 0 Å². The summed E-state index contributed by atoms with van der Waals surface area (Å²) in [6, 6.07) is 8.29. The fraction of sp³-hybridized carbons (Fsp3) is 0.545. The van der Waals surface area contributed by atoms with Gasteiger partial charge in [-0.25, -0.2) is 0 Å². The zero-order valence-corrected chi connectivity index (χ0v) is 16.7. The van der Waals surface area contributed by atoms with Gasteiger partial charge in [0.15, 0.2) is 5.75 Å². The average Bonchev–Trinajstić information content (AvgIpc) is 2.68. The Balaban J connectivity index is 1.41. The minimum Gasteiger partial charge on any atom is -0.494 e. The molecule has 6 heteroatoms. The Morgan fingerprint density at radius 1 is 1.04 bits per heavy atom. The molecule has 0 bridgehead atoms. The molecule has 152 valence electrons. The third-order valence-electron chi connectivity index (χ3n) is 5.22. The van der Waals surface area contributed by atoms with Gasteiger partial charge in [-0.2, -0.15) is 0 Å². The maximum Gasteiger partial charge on any atom is 0.271 e. The summed E-state index contributed by atoms with van der Waals surface area (Å²) in [6.45, 7) is 4.42. The zero-order chi connectivity index (χ0) is 19.8. The predicted octanol–water partition coefficient (Wildman–Crippen LogP) is 2.94. The number of likely N-dealkylation sites (tertiary alicyclic amines) is 1. The normalized spacial score (nSPS) is 15.8. The Kier molecular flexibility index (Phi) is 7.48. The molecular formula is C22H30N2O4. The van der Waals surface area contributed by atoms with Gasteiger partial charge in [-0.1, -0.05) is 31.4 Å². The van der Waals surface area contributed by atoms with E-state index in [0.29, 0.717) is 13.2 Å². The first-order valence-electron chi connectivity index (χ1n) is 10.2. The van der Waals surface area contributed by atoms with Crippen molar-refractivity contribution in [2.24, 2.45) is 0 Å². The molecule has 0 saturated carbocycles. The van der Waals surface area contributed by atoms with E-state index in [2.05, 4.69) is 22.3 Å². The van der Waals surface area contributed by atoms with E-state index in [0.717, 1.165) is 18.7 Å². The molecule has 1 heterocycles. The highest BCUT2D eigenvalue weighted by Crippen LogP contribution is 2.18. The predicted molar refractivity (Wildman–Crippen MR) is 111 cm³/mol. The maximum atomic E-state index is 11.5. The van der Waals surface area contributed by atoms with Crippen molar-refractivity contribution in [3.63, 3.8) is 0 Å². The highest BCUT2D eigenvalue weighted by molar-refractivity contribution is 5.61. The van der Waals surface area contributed by atoms with Crippen molar-refractivity contribution in [3.05, 3.63) is 50.3 Å². The fourth-order valence-corrected chi connectivity index (χ4v) is 3.66. The molecule has 1 fully saturated rings. The quantitative estimate of drug-likeness (QED) is 0.528. The van der Waals surface area contributed by atoms with Gasteiger partial charge < -0.3 is 14.8 Å². The lowest BCUT2D eigenvalue weighted by Gasteiger charge is -2.24. The minimum atomic E-state index is -0.557. The summed E-state index contributed by atoms with van der Waals surface area (Å²) >= 11 is 0. The van der Waals surface area contributed by atoms with Crippen LogP contribution in [0.4, 0.5) is 5.69 Å². The summed E-state index contributed by atoms with van der Waals surface area (Å²) in [5.41, 5.74) is 0.500. The van der Waals surface area contributed by atoms with E-state index in [4.69, 9.17) is 9.47 Å². The Bertz CT molecular complexity index is 818. The van der Waals surface area contributed by atoms with Crippen molar-refractivity contribution in [2.75, 3.05) is 38.7 Å². The second kappa shape index (κ2) is 10.3. The topological polar surface area (TPSA) is 67.9 Å². The Hall–Kier alpha value is -2.34. The van der Waals surface area contributed by atoms with Crippen LogP contribution in [0.2, 0.25) is 0 Å². The van der Waals surface area contributed by atoms with Gasteiger partial charge >= 0.3 is 0 Å². The van der Waals surface area contributed by atoms with Gasteiger partial charge in [-0.3, -0.25) is 14.5 Å². The van der Waals surface area contributed by atoms with Crippen LogP contribution in [-0.2, 0) is 6.54 Å². The van der Waals surface area contributed by atoms with Gasteiger partial charge in [0.2, 0.25) is 0 Å². The van der Waals surface area contributed by atoms with Crippen molar-refractivity contribution < 1.29 is 9.47 Å². The number of hydrogen-bond acceptors (Lipinski definition) is 6. The average molecular weight is 386 g/mol. The largest absolute Gasteiger partial charge is 0.494 e. The number of benzene rings is 1. The molecule has 2 aromatic carbocycles. The van der Waals surface area contributed by atoms with Gasteiger partial charge in [0.1, 0.15) is 11.4 Å². The molecule has 1 aliphatic heterocycles. The highest BCUT2D eigenvalue weighted by atomic mass is 16.5. The molecule has 0 amide bonds. The summed E-state index contributed by atoms with van der Waals surface area (Å²) in [6.07, 6.45) is 7.36. The van der Waals surface area contributed by atoms with Crippen LogP contribution in [0.3, 0.4) is 0 Å². The fourth-order valence-electron chi connectivity index (χ4n) is 3.66. The van der Waals surface area contributed by atoms with Crippen LogP contribution in [0, 0.1) is 0 Å². The van der Waals surface area contributed by atoms with Crippen molar-refractivity contribution in [1.82, 2.24) is 4.90 Å². The molecule has 1 N–H and O–H groups in total. The summed E-state index contributed by atoms with van der Waals surface area (Å²) in [7, 11) is 1.39. The molecule has 6 nitrogen and oxygen atoms in total. The van der Waals surface area contributed by atoms with Gasteiger partial charge in [0.25, 0.3) is 10.9 Å². The second-order valence-electron chi connectivity index (χ2n) is 7.39. The highest BCUT2D eigenvalue weighted by Gasteiger charge is 2.20. The Morgan fingerprint density at radius 2 is 1.79 bits per heavy atom. The Morgan fingerprint density at radius 3 is 2.54 bits per heavy atom.